The molecule has 1 aromatic heterocycles. The molecular weight excluding hydrogens is 250 g/mol. The highest BCUT2D eigenvalue weighted by atomic mass is 16.4. The van der Waals surface area contributed by atoms with Gasteiger partial charge in [0.1, 0.15) is 0 Å². The monoisotopic (exact) mass is 267 g/mol. The lowest BCUT2D eigenvalue weighted by Gasteiger charge is -2.29. The molecule has 19 heavy (non-hydrogen) atoms. The van der Waals surface area contributed by atoms with Gasteiger partial charge < -0.3 is 15.7 Å². The van der Waals surface area contributed by atoms with Crippen molar-refractivity contribution in [1.29, 1.82) is 0 Å². The number of amides is 1. The molecule has 1 aliphatic rings. The fourth-order valence-corrected chi connectivity index (χ4v) is 2.16. The highest BCUT2D eigenvalue weighted by molar-refractivity contribution is 5.92. The maximum Gasteiger partial charge on any atom is 0.308 e. The van der Waals surface area contributed by atoms with Crippen molar-refractivity contribution in [3.8, 4) is 0 Å². The fraction of sp³-hybridized carbons (Fsp3) is 0.636. The third-order valence-corrected chi connectivity index (χ3v) is 3.17. The summed E-state index contributed by atoms with van der Waals surface area (Å²) >= 11 is 0. The van der Waals surface area contributed by atoms with E-state index >= 15 is 0 Å². The average molecular weight is 267 g/mol. The number of hydrogen-bond acceptors (Lipinski definition) is 5. The summed E-state index contributed by atoms with van der Waals surface area (Å²) in [6, 6.07) is 0. The van der Waals surface area contributed by atoms with Gasteiger partial charge in [0.15, 0.2) is 5.69 Å². The predicted molar refractivity (Wildman–Crippen MR) is 65.3 cm³/mol. The van der Waals surface area contributed by atoms with Crippen LogP contribution in [0.2, 0.25) is 0 Å². The van der Waals surface area contributed by atoms with E-state index in [1.807, 2.05) is 0 Å². The Morgan fingerprint density at radius 3 is 3.00 bits per heavy atom. The first-order chi connectivity index (χ1) is 9.11. The molecule has 0 radical (unpaired) electrons. The van der Waals surface area contributed by atoms with Crippen LogP contribution in [0, 0.1) is 5.92 Å². The van der Waals surface area contributed by atoms with Gasteiger partial charge >= 0.3 is 5.97 Å². The normalized spacial score (nSPS) is 19.4. The van der Waals surface area contributed by atoms with Crippen molar-refractivity contribution in [3.05, 3.63) is 11.9 Å². The van der Waals surface area contributed by atoms with Crippen LogP contribution < -0.4 is 5.73 Å². The number of aliphatic carboxylic acids is 1. The van der Waals surface area contributed by atoms with Gasteiger partial charge in [0.2, 0.25) is 0 Å². The molecule has 104 valence electrons. The number of carbonyl (C=O) groups is 2. The van der Waals surface area contributed by atoms with Crippen molar-refractivity contribution in [3.63, 3.8) is 0 Å². The van der Waals surface area contributed by atoms with Crippen molar-refractivity contribution in [2.45, 2.75) is 19.4 Å². The van der Waals surface area contributed by atoms with E-state index in [0.717, 1.165) is 0 Å². The van der Waals surface area contributed by atoms with E-state index in [0.29, 0.717) is 32.5 Å². The van der Waals surface area contributed by atoms with E-state index in [1.165, 1.54) is 9.58 Å². The van der Waals surface area contributed by atoms with E-state index in [2.05, 4.69) is 10.3 Å². The molecule has 0 bridgehead atoms. The molecule has 1 aliphatic heterocycles. The molecule has 1 amide bonds. The smallest absolute Gasteiger partial charge is 0.308 e. The third kappa shape index (κ3) is 3.08. The first-order valence-electron chi connectivity index (χ1n) is 6.24. The zero-order chi connectivity index (χ0) is 13.8. The lowest BCUT2D eigenvalue weighted by atomic mass is 9.98. The Morgan fingerprint density at radius 2 is 2.32 bits per heavy atom. The molecular formula is C11H17N5O3. The second-order valence-electron chi connectivity index (χ2n) is 4.58. The molecule has 1 atom stereocenters. The number of hydrogen-bond donors (Lipinski definition) is 2. The van der Waals surface area contributed by atoms with Crippen molar-refractivity contribution < 1.29 is 14.7 Å². The molecule has 2 heterocycles. The van der Waals surface area contributed by atoms with Gasteiger partial charge in [-0.25, -0.2) is 0 Å². The average Bonchev–Trinajstić information content (AvgIpc) is 2.87. The minimum absolute atomic E-state index is 0.234. The molecule has 1 aromatic rings. The van der Waals surface area contributed by atoms with E-state index in [1.54, 1.807) is 6.20 Å². The molecule has 3 N–H and O–H groups in total. The minimum atomic E-state index is -0.857. The molecule has 1 saturated heterocycles. The van der Waals surface area contributed by atoms with Crippen LogP contribution in [0.25, 0.3) is 0 Å². The molecule has 0 aromatic carbocycles. The summed E-state index contributed by atoms with van der Waals surface area (Å²) in [6.45, 7) is 1.71. The topological polar surface area (TPSA) is 114 Å². The Hall–Kier alpha value is -1.96. The number of likely N-dealkylation sites (tertiary alicyclic amines) is 1. The molecule has 8 heteroatoms. The van der Waals surface area contributed by atoms with Gasteiger partial charge in [0, 0.05) is 19.6 Å². The zero-order valence-electron chi connectivity index (χ0n) is 10.5. The molecule has 2 rings (SSSR count). The maximum atomic E-state index is 12.2. The van der Waals surface area contributed by atoms with Crippen LogP contribution in [0.15, 0.2) is 6.20 Å². The Morgan fingerprint density at radius 1 is 1.53 bits per heavy atom. The second-order valence-corrected chi connectivity index (χ2v) is 4.58. The molecule has 0 unspecified atom stereocenters. The van der Waals surface area contributed by atoms with Crippen LogP contribution in [0.5, 0.6) is 0 Å². The number of carboxylic acids is 1. The van der Waals surface area contributed by atoms with Crippen LogP contribution in [-0.2, 0) is 11.3 Å². The number of carboxylic acid groups (broad SMARTS) is 1. The second kappa shape index (κ2) is 5.79. The van der Waals surface area contributed by atoms with Crippen molar-refractivity contribution >= 4 is 11.9 Å². The highest BCUT2D eigenvalue weighted by Gasteiger charge is 2.29. The third-order valence-electron chi connectivity index (χ3n) is 3.17. The summed E-state index contributed by atoms with van der Waals surface area (Å²) in [5.41, 5.74) is 5.63. The number of rotatable bonds is 4. The summed E-state index contributed by atoms with van der Waals surface area (Å²) < 4.78 is 1.51. The quantitative estimate of drug-likeness (QED) is 0.736. The number of piperidine rings is 1. The summed E-state index contributed by atoms with van der Waals surface area (Å²) in [7, 11) is 0. The number of nitrogens with two attached hydrogens (primary N) is 1. The van der Waals surface area contributed by atoms with Crippen LogP contribution in [0.4, 0.5) is 0 Å². The Balaban J connectivity index is 2.03. The first kappa shape index (κ1) is 13.5. The van der Waals surface area contributed by atoms with Gasteiger partial charge in [0.05, 0.1) is 18.7 Å². The van der Waals surface area contributed by atoms with Crippen molar-refractivity contribution in [2.75, 3.05) is 19.6 Å². The fourth-order valence-electron chi connectivity index (χ4n) is 2.16. The van der Waals surface area contributed by atoms with E-state index in [-0.39, 0.29) is 18.1 Å². The Kier molecular flexibility index (Phi) is 4.10. The maximum absolute atomic E-state index is 12.2. The Bertz CT molecular complexity index is 473. The van der Waals surface area contributed by atoms with Gasteiger partial charge in [-0.3, -0.25) is 14.3 Å². The van der Waals surface area contributed by atoms with Gasteiger partial charge in [-0.1, -0.05) is 5.21 Å². The van der Waals surface area contributed by atoms with E-state index in [9.17, 15) is 9.59 Å². The van der Waals surface area contributed by atoms with Crippen LogP contribution in [0.1, 0.15) is 23.3 Å². The van der Waals surface area contributed by atoms with Gasteiger partial charge in [-0.15, -0.1) is 5.10 Å². The van der Waals surface area contributed by atoms with Gasteiger partial charge in [-0.05, 0) is 12.8 Å². The summed E-state index contributed by atoms with van der Waals surface area (Å²) in [6.07, 6.45) is 2.85. The van der Waals surface area contributed by atoms with Crippen molar-refractivity contribution in [2.24, 2.45) is 11.7 Å². The summed E-state index contributed by atoms with van der Waals surface area (Å²) in [5, 5.41) is 16.6. The molecule has 0 saturated carbocycles. The van der Waals surface area contributed by atoms with Gasteiger partial charge in [0.25, 0.3) is 5.91 Å². The standard InChI is InChI=1S/C11H17N5O3/c12-3-5-16-7-9(13-14-16)10(17)15-4-1-2-8(6-15)11(18)19/h7-8H,1-6,12H2,(H,18,19)/t8-/m1/s1. The number of aromatic nitrogens is 3. The number of carbonyl (C=O) groups excluding carboxylic acids is 1. The lowest BCUT2D eigenvalue weighted by molar-refractivity contribution is -0.143. The van der Waals surface area contributed by atoms with Crippen LogP contribution >= 0.6 is 0 Å². The SMILES string of the molecule is NCCn1cc(C(=O)N2CCC[C@@H](C(=O)O)C2)nn1. The van der Waals surface area contributed by atoms with Gasteiger partial charge in [-0.2, -0.15) is 0 Å². The highest BCUT2D eigenvalue weighted by Crippen LogP contribution is 2.18. The molecule has 1 fully saturated rings. The summed E-state index contributed by atoms with van der Waals surface area (Å²) in [5.74, 6) is -1.62. The van der Waals surface area contributed by atoms with Crippen LogP contribution in [-0.4, -0.2) is 56.5 Å². The minimum Gasteiger partial charge on any atom is -0.481 e. The van der Waals surface area contributed by atoms with E-state index in [4.69, 9.17) is 10.8 Å². The largest absolute Gasteiger partial charge is 0.481 e. The number of nitrogens with zero attached hydrogens (tertiary/aromatic N) is 4. The van der Waals surface area contributed by atoms with Crippen LogP contribution in [0.3, 0.4) is 0 Å². The molecule has 0 spiro atoms. The molecule has 8 nitrogen and oxygen atoms in total. The summed E-state index contributed by atoms with van der Waals surface area (Å²) in [4.78, 5) is 24.7. The van der Waals surface area contributed by atoms with E-state index < -0.39 is 11.9 Å². The zero-order valence-corrected chi connectivity index (χ0v) is 10.5. The predicted octanol–water partition coefficient (Wildman–Crippen LogP) is -0.826. The Labute approximate surface area is 110 Å². The van der Waals surface area contributed by atoms with Crippen molar-refractivity contribution in [1.82, 2.24) is 19.9 Å². The molecule has 0 aliphatic carbocycles. The lowest BCUT2D eigenvalue weighted by Crippen LogP contribution is -2.42. The first-order valence-corrected chi connectivity index (χ1v) is 6.24.